The van der Waals surface area contributed by atoms with Crippen LogP contribution in [0.5, 0.6) is 0 Å². The van der Waals surface area contributed by atoms with E-state index in [1.54, 1.807) is 36.4 Å². The van der Waals surface area contributed by atoms with Crippen molar-refractivity contribution in [2.75, 3.05) is 25.5 Å². The van der Waals surface area contributed by atoms with E-state index in [2.05, 4.69) is 5.32 Å². The Labute approximate surface area is 156 Å². The predicted molar refractivity (Wildman–Crippen MR) is 98.8 cm³/mol. The molecule has 0 fully saturated rings. The SMILES string of the molecule is COC(=O)c1ccccc1NC(=O)CN(CCc1ccc(F)cc1)C(C)=O. The first-order chi connectivity index (χ1) is 12.9. The summed E-state index contributed by atoms with van der Waals surface area (Å²) in [5.41, 5.74) is 1.41. The number of para-hydroxylation sites is 1. The van der Waals surface area contributed by atoms with E-state index in [-0.39, 0.29) is 23.8 Å². The third kappa shape index (κ3) is 5.91. The zero-order valence-electron chi connectivity index (χ0n) is 15.2. The third-order valence-electron chi connectivity index (χ3n) is 3.97. The molecule has 0 heterocycles. The number of carbonyl (C=O) groups excluding carboxylic acids is 3. The van der Waals surface area contributed by atoms with E-state index in [1.165, 1.54) is 31.1 Å². The zero-order valence-corrected chi connectivity index (χ0v) is 15.2. The molecule has 7 heteroatoms. The van der Waals surface area contributed by atoms with Crippen molar-refractivity contribution in [3.63, 3.8) is 0 Å². The molecule has 0 unspecified atom stereocenters. The summed E-state index contributed by atoms with van der Waals surface area (Å²) in [6.45, 7) is 1.53. The molecule has 0 aliphatic rings. The van der Waals surface area contributed by atoms with Crippen LogP contribution in [0.15, 0.2) is 48.5 Å². The molecule has 0 bridgehead atoms. The highest BCUT2D eigenvalue weighted by molar-refractivity contribution is 6.02. The summed E-state index contributed by atoms with van der Waals surface area (Å²) >= 11 is 0. The number of rotatable bonds is 7. The monoisotopic (exact) mass is 372 g/mol. The number of hydrogen-bond donors (Lipinski definition) is 1. The van der Waals surface area contributed by atoms with Crippen LogP contribution in [0.3, 0.4) is 0 Å². The maximum atomic E-state index is 13.0. The molecular weight excluding hydrogens is 351 g/mol. The Morgan fingerprint density at radius 3 is 2.37 bits per heavy atom. The van der Waals surface area contributed by atoms with Crippen LogP contribution in [-0.2, 0) is 20.7 Å². The Hall–Kier alpha value is -3.22. The standard InChI is InChI=1S/C20H21FN2O4/c1-14(24)23(12-11-15-7-9-16(21)10-8-15)13-19(25)22-18-6-4-3-5-17(18)20(26)27-2/h3-10H,11-13H2,1-2H3,(H,22,25). The van der Waals surface area contributed by atoms with Gasteiger partial charge in [0.15, 0.2) is 0 Å². The third-order valence-corrected chi connectivity index (χ3v) is 3.97. The van der Waals surface area contributed by atoms with Gasteiger partial charge in [-0.3, -0.25) is 9.59 Å². The van der Waals surface area contributed by atoms with Crippen molar-refractivity contribution in [1.29, 1.82) is 0 Å². The molecule has 2 rings (SSSR count). The van der Waals surface area contributed by atoms with Gasteiger partial charge in [-0.15, -0.1) is 0 Å². The molecule has 1 N–H and O–H groups in total. The second kappa shape index (κ2) is 9.47. The number of ether oxygens (including phenoxy) is 1. The molecule has 2 amide bonds. The van der Waals surface area contributed by atoms with E-state index in [9.17, 15) is 18.8 Å². The highest BCUT2D eigenvalue weighted by Gasteiger charge is 2.17. The largest absolute Gasteiger partial charge is 0.465 e. The Morgan fingerprint density at radius 2 is 1.74 bits per heavy atom. The van der Waals surface area contributed by atoms with Crippen molar-refractivity contribution in [2.24, 2.45) is 0 Å². The number of hydrogen-bond acceptors (Lipinski definition) is 4. The van der Waals surface area contributed by atoms with Crippen molar-refractivity contribution >= 4 is 23.5 Å². The minimum Gasteiger partial charge on any atom is -0.465 e. The molecule has 2 aromatic rings. The number of amides is 2. The minimum atomic E-state index is -0.564. The topological polar surface area (TPSA) is 75.7 Å². The summed E-state index contributed by atoms with van der Waals surface area (Å²) < 4.78 is 17.6. The number of carbonyl (C=O) groups is 3. The smallest absolute Gasteiger partial charge is 0.339 e. The fraction of sp³-hybridized carbons (Fsp3) is 0.250. The summed E-state index contributed by atoms with van der Waals surface area (Å²) in [7, 11) is 1.26. The fourth-order valence-electron chi connectivity index (χ4n) is 2.51. The molecular formula is C20H21FN2O4. The van der Waals surface area contributed by atoms with Crippen molar-refractivity contribution in [2.45, 2.75) is 13.3 Å². The summed E-state index contributed by atoms with van der Waals surface area (Å²) in [6.07, 6.45) is 0.492. The summed E-state index contributed by atoms with van der Waals surface area (Å²) in [6, 6.07) is 12.4. The molecule has 142 valence electrons. The van der Waals surface area contributed by atoms with Gasteiger partial charge in [-0.1, -0.05) is 24.3 Å². The molecule has 2 aromatic carbocycles. The average Bonchev–Trinajstić information content (AvgIpc) is 2.66. The van der Waals surface area contributed by atoms with Gasteiger partial charge in [-0.25, -0.2) is 9.18 Å². The number of nitrogens with zero attached hydrogens (tertiary/aromatic N) is 1. The first kappa shape index (κ1) is 20.1. The van der Waals surface area contributed by atoms with Gasteiger partial charge in [0.2, 0.25) is 11.8 Å². The van der Waals surface area contributed by atoms with E-state index < -0.39 is 11.9 Å². The van der Waals surface area contributed by atoms with Gasteiger partial charge in [-0.05, 0) is 36.2 Å². The highest BCUT2D eigenvalue weighted by Crippen LogP contribution is 2.16. The zero-order chi connectivity index (χ0) is 19.8. The number of anilines is 1. The van der Waals surface area contributed by atoms with Crippen LogP contribution in [0, 0.1) is 5.82 Å². The van der Waals surface area contributed by atoms with Crippen molar-refractivity contribution in [3.05, 3.63) is 65.5 Å². The van der Waals surface area contributed by atoms with Gasteiger partial charge in [0.1, 0.15) is 5.82 Å². The fourth-order valence-corrected chi connectivity index (χ4v) is 2.51. The number of halogens is 1. The molecule has 0 radical (unpaired) electrons. The lowest BCUT2D eigenvalue weighted by Crippen LogP contribution is -2.38. The van der Waals surface area contributed by atoms with Gasteiger partial charge in [0, 0.05) is 13.5 Å². The summed E-state index contributed by atoms with van der Waals surface area (Å²) in [5.74, 6) is -1.58. The van der Waals surface area contributed by atoms with Crippen molar-refractivity contribution in [1.82, 2.24) is 4.90 Å². The normalized spacial score (nSPS) is 10.2. The number of nitrogens with one attached hydrogen (secondary N) is 1. The van der Waals surface area contributed by atoms with E-state index in [0.717, 1.165) is 5.56 Å². The van der Waals surface area contributed by atoms with Crippen LogP contribution in [0.25, 0.3) is 0 Å². The van der Waals surface area contributed by atoms with Gasteiger partial charge in [0.05, 0.1) is 24.9 Å². The Balaban J connectivity index is 2.00. The maximum absolute atomic E-state index is 13.0. The summed E-state index contributed by atoms with van der Waals surface area (Å²) in [4.78, 5) is 37.3. The van der Waals surface area contributed by atoms with Crippen molar-refractivity contribution in [3.8, 4) is 0 Å². The lowest BCUT2D eigenvalue weighted by Gasteiger charge is -2.21. The van der Waals surface area contributed by atoms with Crippen LogP contribution in [0.2, 0.25) is 0 Å². The maximum Gasteiger partial charge on any atom is 0.339 e. The molecule has 0 saturated heterocycles. The van der Waals surface area contributed by atoms with Crippen LogP contribution in [0.1, 0.15) is 22.8 Å². The number of esters is 1. The van der Waals surface area contributed by atoms with Gasteiger partial charge >= 0.3 is 5.97 Å². The average molecular weight is 372 g/mol. The molecule has 6 nitrogen and oxygen atoms in total. The Kier molecular flexibility index (Phi) is 7.05. The quantitative estimate of drug-likeness (QED) is 0.758. The van der Waals surface area contributed by atoms with Crippen LogP contribution >= 0.6 is 0 Å². The van der Waals surface area contributed by atoms with Crippen LogP contribution < -0.4 is 5.32 Å². The lowest BCUT2D eigenvalue weighted by molar-refractivity contribution is -0.132. The second-order valence-corrected chi connectivity index (χ2v) is 5.90. The van der Waals surface area contributed by atoms with Crippen LogP contribution in [-0.4, -0.2) is 42.9 Å². The van der Waals surface area contributed by atoms with E-state index in [1.807, 2.05) is 0 Å². The first-order valence-corrected chi connectivity index (χ1v) is 8.38. The first-order valence-electron chi connectivity index (χ1n) is 8.38. The van der Waals surface area contributed by atoms with Gasteiger partial charge in [0.25, 0.3) is 0 Å². The van der Waals surface area contributed by atoms with E-state index in [4.69, 9.17) is 4.74 Å². The predicted octanol–water partition coefficient (Wildman–Crippen LogP) is 2.64. The molecule has 0 saturated carbocycles. The lowest BCUT2D eigenvalue weighted by atomic mass is 10.1. The van der Waals surface area contributed by atoms with E-state index in [0.29, 0.717) is 18.7 Å². The van der Waals surface area contributed by atoms with Gasteiger partial charge < -0.3 is 15.0 Å². The highest BCUT2D eigenvalue weighted by atomic mass is 19.1. The molecule has 27 heavy (non-hydrogen) atoms. The number of benzene rings is 2. The van der Waals surface area contributed by atoms with Gasteiger partial charge in [-0.2, -0.15) is 0 Å². The molecule has 0 atom stereocenters. The summed E-state index contributed by atoms with van der Waals surface area (Å²) in [5, 5.41) is 2.63. The second-order valence-electron chi connectivity index (χ2n) is 5.90. The van der Waals surface area contributed by atoms with E-state index >= 15 is 0 Å². The Bertz CT molecular complexity index is 821. The Morgan fingerprint density at radius 1 is 1.07 bits per heavy atom. The molecule has 0 aromatic heterocycles. The van der Waals surface area contributed by atoms with Crippen molar-refractivity contribution < 1.29 is 23.5 Å². The number of methoxy groups -OCH3 is 1. The molecule has 0 spiro atoms. The van der Waals surface area contributed by atoms with Crippen LogP contribution in [0.4, 0.5) is 10.1 Å². The molecule has 0 aliphatic heterocycles. The molecule has 0 aliphatic carbocycles. The minimum absolute atomic E-state index is 0.161.